The van der Waals surface area contributed by atoms with Gasteiger partial charge in [-0.25, -0.2) is 4.79 Å². The number of rotatable bonds is 4. The van der Waals surface area contributed by atoms with Crippen LogP contribution in [0.1, 0.15) is 11.3 Å². The lowest BCUT2D eigenvalue weighted by Gasteiger charge is -2.09. The number of carbonyl (C=O) groups is 1. The topological polar surface area (TPSA) is 59.4 Å². The Bertz CT molecular complexity index is 651. The molecule has 2 rings (SSSR count). The van der Waals surface area contributed by atoms with E-state index in [4.69, 9.17) is 21.4 Å². The first-order valence-corrected chi connectivity index (χ1v) is 6.23. The van der Waals surface area contributed by atoms with Crippen LogP contribution >= 0.6 is 11.6 Å². The lowest BCUT2D eigenvalue weighted by Crippen LogP contribution is -1.91. The molecule has 2 aromatic rings. The van der Waals surface area contributed by atoms with E-state index in [0.29, 0.717) is 22.1 Å². The molecular weight excluding hydrogens is 278 g/mol. The summed E-state index contributed by atoms with van der Waals surface area (Å²) in [5.74, 6) is 0.00592. The first kappa shape index (κ1) is 14.1. The monoisotopic (exact) mass is 289 g/mol. The SMILES string of the molecule is Cc1ccc(Oc2cc(Cl)ccc2/C=C/C(=O)O)cn1. The summed E-state index contributed by atoms with van der Waals surface area (Å²) in [5, 5.41) is 9.18. The molecule has 0 radical (unpaired) electrons. The second-order valence-corrected chi connectivity index (χ2v) is 4.53. The van der Waals surface area contributed by atoms with Gasteiger partial charge in [-0.1, -0.05) is 11.6 Å². The van der Waals surface area contributed by atoms with E-state index in [2.05, 4.69) is 4.98 Å². The molecule has 0 saturated carbocycles. The minimum absolute atomic E-state index is 0.473. The molecule has 0 unspecified atom stereocenters. The van der Waals surface area contributed by atoms with E-state index in [9.17, 15) is 4.79 Å². The summed E-state index contributed by atoms with van der Waals surface area (Å²) in [6.07, 6.45) is 4.10. The van der Waals surface area contributed by atoms with Gasteiger partial charge in [-0.15, -0.1) is 0 Å². The first-order valence-electron chi connectivity index (χ1n) is 5.85. The summed E-state index contributed by atoms with van der Waals surface area (Å²) < 4.78 is 5.69. The summed E-state index contributed by atoms with van der Waals surface area (Å²) >= 11 is 5.93. The Hall–Kier alpha value is -2.33. The van der Waals surface area contributed by atoms with Gasteiger partial charge in [0, 0.05) is 28.4 Å². The Morgan fingerprint density at radius 1 is 1.35 bits per heavy atom. The third kappa shape index (κ3) is 3.83. The molecule has 0 atom stereocenters. The van der Waals surface area contributed by atoms with E-state index in [1.54, 1.807) is 30.5 Å². The van der Waals surface area contributed by atoms with Gasteiger partial charge in [0.2, 0.25) is 0 Å². The summed E-state index contributed by atoms with van der Waals surface area (Å²) in [6, 6.07) is 8.60. The Balaban J connectivity index is 2.31. The fraction of sp³-hybridized carbons (Fsp3) is 0.0667. The Labute approximate surface area is 121 Å². The second kappa shape index (κ2) is 6.21. The molecule has 0 aliphatic rings. The van der Waals surface area contributed by atoms with Crippen LogP contribution < -0.4 is 4.74 Å². The van der Waals surface area contributed by atoms with Crippen molar-refractivity contribution in [1.82, 2.24) is 4.98 Å². The number of carboxylic acids is 1. The van der Waals surface area contributed by atoms with Crippen molar-refractivity contribution in [2.75, 3.05) is 0 Å². The molecule has 1 aromatic heterocycles. The van der Waals surface area contributed by atoms with Crippen molar-refractivity contribution in [1.29, 1.82) is 0 Å². The van der Waals surface area contributed by atoms with Crippen LogP contribution in [0.25, 0.3) is 6.08 Å². The zero-order chi connectivity index (χ0) is 14.5. The van der Waals surface area contributed by atoms with Crippen LogP contribution in [0.15, 0.2) is 42.6 Å². The predicted molar refractivity (Wildman–Crippen MR) is 77.2 cm³/mol. The zero-order valence-corrected chi connectivity index (χ0v) is 11.5. The molecule has 5 heteroatoms. The van der Waals surface area contributed by atoms with E-state index in [0.717, 1.165) is 11.8 Å². The van der Waals surface area contributed by atoms with Gasteiger partial charge in [0.25, 0.3) is 0 Å². The number of hydrogen-bond donors (Lipinski definition) is 1. The number of hydrogen-bond acceptors (Lipinski definition) is 3. The van der Waals surface area contributed by atoms with E-state index >= 15 is 0 Å². The van der Waals surface area contributed by atoms with Crippen LogP contribution in [0.2, 0.25) is 5.02 Å². The highest BCUT2D eigenvalue weighted by molar-refractivity contribution is 6.30. The van der Waals surface area contributed by atoms with Crippen LogP contribution in [0, 0.1) is 6.92 Å². The molecule has 0 amide bonds. The second-order valence-electron chi connectivity index (χ2n) is 4.09. The van der Waals surface area contributed by atoms with Crippen LogP contribution in [0.4, 0.5) is 0 Å². The molecule has 1 aromatic carbocycles. The van der Waals surface area contributed by atoms with E-state index in [1.807, 2.05) is 13.0 Å². The average Bonchev–Trinajstić information content (AvgIpc) is 2.40. The minimum Gasteiger partial charge on any atom is -0.478 e. The molecule has 1 N–H and O–H groups in total. The van der Waals surface area contributed by atoms with Crippen molar-refractivity contribution in [3.8, 4) is 11.5 Å². The van der Waals surface area contributed by atoms with Crippen molar-refractivity contribution in [3.63, 3.8) is 0 Å². The maximum Gasteiger partial charge on any atom is 0.328 e. The molecule has 0 fully saturated rings. The molecule has 0 aliphatic carbocycles. The average molecular weight is 290 g/mol. The molecule has 4 nitrogen and oxygen atoms in total. The number of nitrogens with zero attached hydrogens (tertiary/aromatic N) is 1. The molecule has 0 spiro atoms. The largest absolute Gasteiger partial charge is 0.478 e. The Kier molecular flexibility index (Phi) is 4.38. The van der Waals surface area contributed by atoms with Gasteiger partial charge in [-0.2, -0.15) is 0 Å². The highest BCUT2D eigenvalue weighted by Crippen LogP contribution is 2.29. The number of aromatic nitrogens is 1. The van der Waals surface area contributed by atoms with E-state index in [-0.39, 0.29) is 0 Å². The maximum atomic E-state index is 10.6. The number of halogens is 1. The molecule has 20 heavy (non-hydrogen) atoms. The maximum absolute atomic E-state index is 10.6. The number of aliphatic carboxylic acids is 1. The van der Waals surface area contributed by atoms with Crippen LogP contribution in [0.5, 0.6) is 11.5 Å². The molecule has 1 heterocycles. The van der Waals surface area contributed by atoms with Gasteiger partial charge < -0.3 is 9.84 Å². The highest BCUT2D eigenvalue weighted by atomic mass is 35.5. The molecular formula is C15H12ClNO3. The third-order valence-electron chi connectivity index (χ3n) is 2.49. The zero-order valence-electron chi connectivity index (χ0n) is 10.7. The Morgan fingerprint density at radius 3 is 2.80 bits per heavy atom. The lowest BCUT2D eigenvalue weighted by atomic mass is 10.2. The van der Waals surface area contributed by atoms with Gasteiger partial charge in [-0.3, -0.25) is 4.98 Å². The highest BCUT2D eigenvalue weighted by Gasteiger charge is 2.05. The fourth-order valence-corrected chi connectivity index (χ4v) is 1.70. The third-order valence-corrected chi connectivity index (χ3v) is 2.73. The summed E-state index contributed by atoms with van der Waals surface area (Å²) in [6.45, 7) is 1.88. The molecule has 102 valence electrons. The first-order chi connectivity index (χ1) is 9.54. The van der Waals surface area contributed by atoms with Crippen molar-refractivity contribution < 1.29 is 14.6 Å². The summed E-state index contributed by atoms with van der Waals surface area (Å²) in [5.41, 5.74) is 1.51. The standard InChI is InChI=1S/C15H12ClNO3/c1-10-2-6-13(9-17-10)20-14-8-12(16)5-3-11(14)4-7-15(18)19/h2-9H,1H3,(H,18,19)/b7-4+. The molecule has 0 saturated heterocycles. The van der Waals surface area contributed by atoms with Crippen molar-refractivity contribution in [3.05, 3.63) is 58.9 Å². The number of carboxylic acid groups (broad SMARTS) is 1. The van der Waals surface area contributed by atoms with Crippen molar-refractivity contribution in [2.45, 2.75) is 6.92 Å². The minimum atomic E-state index is -1.03. The Morgan fingerprint density at radius 2 is 2.15 bits per heavy atom. The smallest absolute Gasteiger partial charge is 0.328 e. The number of pyridine rings is 1. The summed E-state index contributed by atoms with van der Waals surface area (Å²) in [7, 11) is 0. The number of aryl methyl sites for hydroxylation is 1. The van der Waals surface area contributed by atoms with Crippen LogP contribution in [0.3, 0.4) is 0 Å². The molecule has 0 aliphatic heterocycles. The van der Waals surface area contributed by atoms with E-state index in [1.165, 1.54) is 6.08 Å². The van der Waals surface area contributed by atoms with Gasteiger partial charge in [0.1, 0.15) is 11.5 Å². The van der Waals surface area contributed by atoms with Crippen molar-refractivity contribution in [2.24, 2.45) is 0 Å². The van der Waals surface area contributed by atoms with Gasteiger partial charge in [0.05, 0.1) is 6.20 Å². The lowest BCUT2D eigenvalue weighted by molar-refractivity contribution is -0.131. The fourth-order valence-electron chi connectivity index (χ4n) is 1.54. The normalized spacial score (nSPS) is 10.7. The predicted octanol–water partition coefficient (Wildman–Crippen LogP) is 3.93. The molecule has 0 bridgehead atoms. The van der Waals surface area contributed by atoms with Gasteiger partial charge >= 0.3 is 5.97 Å². The van der Waals surface area contributed by atoms with Gasteiger partial charge in [-0.05, 0) is 37.3 Å². The van der Waals surface area contributed by atoms with Crippen LogP contribution in [-0.2, 0) is 4.79 Å². The quantitative estimate of drug-likeness (QED) is 0.866. The van der Waals surface area contributed by atoms with Crippen LogP contribution in [-0.4, -0.2) is 16.1 Å². The number of benzene rings is 1. The van der Waals surface area contributed by atoms with Crippen molar-refractivity contribution >= 4 is 23.6 Å². The summed E-state index contributed by atoms with van der Waals surface area (Å²) in [4.78, 5) is 14.7. The number of ether oxygens (including phenoxy) is 1. The van der Waals surface area contributed by atoms with E-state index < -0.39 is 5.97 Å². The van der Waals surface area contributed by atoms with Gasteiger partial charge in [0.15, 0.2) is 0 Å².